The maximum absolute atomic E-state index is 12.2. The van der Waals surface area contributed by atoms with Gasteiger partial charge >= 0.3 is 17.9 Å². The van der Waals surface area contributed by atoms with Crippen LogP contribution in [0.25, 0.3) is 0 Å². The molecule has 0 saturated carbocycles. The van der Waals surface area contributed by atoms with Crippen LogP contribution in [-0.4, -0.2) is 81.4 Å². The highest BCUT2D eigenvalue weighted by Crippen LogP contribution is 1.99. The minimum atomic E-state index is -1.59. The summed E-state index contributed by atoms with van der Waals surface area (Å²) in [6, 6.07) is -4.10. The lowest BCUT2D eigenvalue weighted by molar-refractivity contribution is -0.142. The van der Waals surface area contributed by atoms with E-state index in [1.807, 2.05) is 5.32 Å². The third-order valence-corrected chi connectivity index (χ3v) is 3.61. The quantitative estimate of drug-likeness (QED) is 0.138. The van der Waals surface area contributed by atoms with Crippen LogP contribution >= 0.6 is 12.6 Å². The largest absolute Gasteiger partial charge is 0.481 e. The van der Waals surface area contributed by atoms with Gasteiger partial charge in [-0.05, 0) is 6.42 Å². The molecule has 14 heteroatoms. The minimum absolute atomic E-state index is 0.179. The molecular weight excluding hydrogens is 400 g/mol. The zero-order valence-electron chi connectivity index (χ0n) is 14.6. The second-order valence-electron chi connectivity index (χ2n) is 5.55. The highest BCUT2D eigenvalue weighted by molar-refractivity contribution is 7.80. The van der Waals surface area contributed by atoms with Crippen molar-refractivity contribution < 1.29 is 44.1 Å². The van der Waals surface area contributed by atoms with Crippen LogP contribution in [0.4, 0.5) is 0 Å². The van der Waals surface area contributed by atoms with Gasteiger partial charge in [-0.2, -0.15) is 12.6 Å². The van der Waals surface area contributed by atoms with E-state index in [-0.39, 0.29) is 18.6 Å². The van der Waals surface area contributed by atoms with Gasteiger partial charge in [-0.3, -0.25) is 28.8 Å². The van der Waals surface area contributed by atoms with Gasteiger partial charge in [-0.25, -0.2) is 0 Å². The molecule has 0 saturated heterocycles. The van der Waals surface area contributed by atoms with E-state index in [0.717, 1.165) is 0 Å². The molecule has 3 atom stereocenters. The fourth-order valence-electron chi connectivity index (χ4n) is 1.83. The maximum atomic E-state index is 12.2. The summed E-state index contributed by atoms with van der Waals surface area (Å²) < 4.78 is 0. The Kier molecular flexibility index (Phi) is 11.2. The lowest BCUT2D eigenvalue weighted by Crippen LogP contribution is -2.57. The van der Waals surface area contributed by atoms with Gasteiger partial charge in [0.15, 0.2) is 0 Å². The van der Waals surface area contributed by atoms with Gasteiger partial charge in [-0.1, -0.05) is 0 Å². The summed E-state index contributed by atoms with van der Waals surface area (Å²) in [5.41, 5.74) is 5.52. The number of carboxylic acids is 3. The first kappa shape index (κ1) is 25.1. The Hall–Kier alpha value is -2.87. The zero-order valence-corrected chi connectivity index (χ0v) is 15.5. The van der Waals surface area contributed by atoms with Crippen LogP contribution < -0.4 is 21.7 Å². The minimum Gasteiger partial charge on any atom is -0.481 e. The predicted octanol–water partition coefficient (Wildman–Crippen LogP) is -3.25. The fraction of sp³-hybridized carbons (Fsp3) is 0.571. The summed E-state index contributed by atoms with van der Waals surface area (Å²) in [6.07, 6.45) is -1.37. The average molecular weight is 422 g/mol. The molecule has 3 unspecified atom stereocenters. The van der Waals surface area contributed by atoms with Crippen molar-refractivity contribution in [3.8, 4) is 0 Å². The Bertz CT molecular complexity index is 628. The van der Waals surface area contributed by atoms with Crippen LogP contribution in [0.5, 0.6) is 0 Å². The monoisotopic (exact) mass is 422 g/mol. The van der Waals surface area contributed by atoms with E-state index in [2.05, 4.69) is 23.3 Å². The van der Waals surface area contributed by atoms with E-state index >= 15 is 0 Å². The van der Waals surface area contributed by atoms with Crippen LogP contribution in [0.1, 0.15) is 19.3 Å². The Morgan fingerprint density at radius 2 is 1.39 bits per heavy atom. The average Bonchev–Trinajstić information content (AvgIpc) is 2.60. The molecule has 0 aromatic rings. The third kappa shape index (κ3) is 10.3. The first-order valence-electron chi connectivity index (χ1n) is 7.88. The number of carboxylic acid groups (broad SMARTS) is 3. The Labute approximate surface area is 164 Å². The van der Waals surface area contributed by atoms with Crippen LogP contribution in [0, 0.1) is 0 Å². The molecule has 28 heavy (non-hydrogen) atoms. The number of hydrogen-bond donors (Lipinski definition) is 8. The number of nitrogens with one attached hydrogen (secondary N) is 3. The molecule has 8 N–H and O–H groups in total. The molecule has 0 aromatic carbocycles. The summed E-state index contributed by atoms with van der Waals surface area (Å²) in [4.78, 5) is 67.9. The molecular formula is C14H22N4O9S. The van der Waals surface area contributed by atoms with Crippen LogP contribution in [-0.2, 0) is 28.8 Å². The number of hydrogen-bond acceptors (Lipinski definition) is 8. The van der Waals surface area contributed by atoms with Crippen molar-refractivity contribution in [2.75, 3.05) is 12.3 Å². The molecule has 3 amide bonds. The van der Waals surface area contributed by atoms with E-state index in [4.69, 9.17) is 21.1 Å². The molecule has 0 rings (SSSR count). The third-order valence-electron chi connectivity index (χ3n) is 3.25. The van der Waals surface area contributed by atoms with Crippen molar-refractivity contribution in [1.82, 2.24) is 16.0 Å². The van der Waals surface area contributed by atoms with Gasteiger partial charge in [0.2, 0.25) is 17.7 Å². The molecule has 158 valence electrons. The lowest BCUT2D eigenvalue weighted by atomic mass is 10.1. The second kappa shape index (κ2) is 12.5. The molecule has 0 aliphatic rings. The van der Waals surface area contributed by atoms with E-state index in [1.165, 1.54) is 0 Å². The number of nitrogens with two attached hydrogens (primary N) is 1. The predicted molar refractivity (Wildman–Crippen MR) is 95.5 cm³/mol. The molecule has 0 aromatic heterocycles. The first-order chi connectivity index (χ1) is 13.0. The maximum Gasteiger partial charge on any atom is 0.322 e. The standard InChI is InChI=1S/C14H22N4O9S/c15-6(1-2-9(19)20)12(25)18-8(5-28)14(27)17-7(3-10(21)22)13(26)16-4-11(23)24/h6-8,28H,1-5,15H2,(H,16,26)(H,17,27)(H,18,25)(H,19,20)(H,21,22)(H,23,24). The fourth-order valence-corrected chi connectivity index (χ4v) is 2.08. The van der Waals surface area contributed by atoms with Crippen molar-refractivity contribution in [2.45, 2.75) is 37.4 Å². The summed E-state index contributed by atoms with van der Waals surface area (Å²) >= 11 is 3.89. The first-order valence-corrected chi connectivity index (χ1v) is 8.51. The van der Waals surface area contributed by atoms with Gasteiger partial charge in [-0.15, -0.1) is 0 Å². The Balaban J connectivity index is 4.96. The van der Waals surface area contributed by atoms with E-state index in [1.54, 1.807) is 0 Å². The number of carbonyl (C=O) groups excluding carboxylic acids is 3. The zero-order chi connectivity index (χ0) is 21.9. The lowest BCUT2D eigenvalue weighted by Gasteiger charge is -2.22. The molecule has 0 radical (unpaired) electrons. The summed E-state index contributed by atoms with van der Waals surface area (Å²) in [5, 5.41) is 32.2. The summed E-state index contributed by atoms with van der Waals surface area (Å²) in [6.45, 7) is -0.782. The van der Waals surface area contributed by atoms with Gasteiger partial charge in [0, 0.05) is 12.2 Å². The number of carbonyl (C=O) groups is 6. The highest BCUT2D eigenvalue weighted by atomic mass is 32.1. The molecule has 0 heterocycles. The molecule has 0 fully saturated rings. The number of aliphatic carboxylic acids is 3. The van der Waals surface area contributed by atoms with Crippen molar-refractivity contribution in [1.29, 1.82) is 0 Å². The molecule has 13 nitrogen and oxygen atoms in total. The number of thiol groups is 1. The van der Waals surface area contributed by atoms with Crippen molar-refractivity contribution in [2.24, 2.45) is 5.73 Å². The number of amides is 3. The van der Waals surface area contributed by atoms with Crippen LogP contribution in [0.3, 0.4) is 0 Å². The normalized spacial score (nSPS) is 13.5. The number of rotatable bonds is 13. The van der Waals surface area contributed by atoms with Crippen LogP contribution in [0.15, 0.2) is 0 Å². The van der Waals surface area contributed by atoms with Crippen LogP contribution in [0.2, 0.25) is 0 Å². The SMILES string of the molecule is NC(CCC(=O)O)C(=O)NC(CS)C(=O)NC(CC(=O)O)C(=O)NCC(=O)O. The molecule has 0 aliphatic heterocycles. The second-order valence-corrected chi connectivity index (χ2v) is 5.92. The van der Waals surface area contributed by atoms with E-state index in [0.29, 0.717) is 0 Å². The summed E-state index contributed by atoms with van der Waals surface area (Å²) in [5.74, 6) is -7.02. The highest BCUT2D eigenvalue weighted by Gasteiger charge is 2.29. The molecule has 0 aliphatic carbocycles. The topological polar surface area (TPSA) is 225 Å². The summed E-state index contributed by atoms with van der Waals surface area (Å²) in [7, 11) is 0. The van der Waals surface area contributed by atoms with Gasteiger partial charge < -0.3 is 37.0 Å². The van der Waals surface area contributed by atoms with Crippen molar-refractivity contribution in [3.05, 3.63) is 0 Å². The molecule has 0 spiro atoms. The van der Waals surface area contributed by atoms with Gasteiger partial charge in [0.25, 0.3) is 0 Å². The van der Waals surface area contributed by atoms with Gasteiger partial charge in [0.05, 0.1) is 12.5 Å². The van der Waals surface area contributed by atoms with E-state index < -0.39 is 66.7 Å². The van der Waals surface area contributed by atoms with Crippen molar-refractivity contribution in [3.63, 3.8) is 0 Å². The van der Waals surface area contributed by atoms with Gasteiger partial charge in [0.1, 0.15) is 18.6 Å². The Morgan fingerprint density at radius 1 is 0.821 bits per heavy atom. The molecule has 0 bridgehead atoms. The smallest absolute Gasteiger partial charge is 0.322 e. The van der Waals surface area contributed by atoms with Crippen molar-refractivity contribution >= 4 is 48.3 Å². The Morgan fingerprint density at radius 3 is 1.86 bits per heavy atom. The van der Waals surface area contributed by atoms with E-state index in [9.17, 15) is 28.8 Å².